The minimum Gasteiger partial charge on any atom is -0.455 e. The van der Waals surface area contributed by atoms with Gasteiger partial charge in [-0.2, -0.15) is 11.8 Å². The molecule has 1 atom stereocenters. The summed E-state index contributed by atoms with van der Waals surface area (Å²) in [5.74, 6) is 1.77. The van der Waals surface area contributed by atoms with Crippen LogP contribution in [0.1, 0.15) is 22.7 Å². The summed E-state index contributed by atoms with van der Waals surface area (Å²) in [6.07, 6.45) is 2.34. The lowest BCUT2D eigenvalue weighted by Crippen LogP contribution is -2.39. The highest BCUT2D eigenvalue weighted by Gasteiger charge is 2.49. The lowest BCUT2D eigenvalue weighted by Gasteiger charge is -2.21. The zero-order valence-corrected chi connectivity index (χ0v) is 12.9. The van der Waals surface area contributed by atoms with Crippen LogP contribution in [0, 0.1) is 0 Å². The summed E-state index contributed by atoms with van der Waals surface area (Å²) in [7, 11) is 1.71. The molecule has 0 saturated carbocycles. The van der Waals surface area contributed by atoms with Crippen molar-refractivity contribution in [1.29, 1.82) is 0 Å². The Hall–Kier alpha value is -1.63. The molecule has 21 heavy (non-hydrogen) atoms. The number of likely N-dealkylation sites (tertiary alicyclic amines) is 1. The van der Waals surface area contributed by atoms with Crippen molar-refractivity contribution in [3.05, 3.63) is 23.7 Å². The maximum absolute atomic E-state index is 12.4. The number of ether oxygens (including phenoxy) is 1. The SMILES string of the molecule is CSCc1ccc(C(=O)N2CCC3(CN(C)C(=O)O3)C2)o1. The molecule has 3 heterocycles. The highest BCUT2D eigenvalue weighted by Crippen LogP contribution is 2.32. The van der Waals surface area contributed by atoms with Crippen molar-refractivity contribution in [2.45, 2.75) is 17.8 Å². The maximum Gasteiger partial charge on any atom is 0.410 e. The standard InChI is InChI=1S/C14H18N2O4S/c1-15-8-14(20-13(15)18)5-6-16(9-14)12(17)11-4-3-10(19-11)7-21-2/h3-4H,5-9H2,1-2H3. The fraction of sp³-hybridized carbons (Fsp3) is 0.571. The summed E-state index contributed by atoms with van der Waals surface area (Å²) in [5.41, 5.74) is -0.545. The second kappa shape index (κ2) is 5.29. The van der Waals surface area contributed by atoms with Crippen molar-refractivity contribution in [2.24, 2.45) is 0 Å². The fourth-order valence-corrected chi connectivity index (χ4v) is 3.33. The van der Waals surface area contributed by atoms with Crippen molar-refractivity contribution >= 4 is 23.8 Å². The highest BCUT2D eigenvalue weighted by molar-refractivity contribution is 7.97. The summed E-state index contributed by atoms with van der Waals surface area (Å²) in [5, 5.41) is 0. The van der Waals surface area contributed by atoms with Crippen LogP contribution >= 0.6 is 11.8 Å². The average molecular weight is 310 g/mol. The van der Waals surface area contributed by atoms with Crippen molar-refractivity contribution in [2.75, 3.05) is 32.9 Å². The lowest BCUT2D eigenvalue weighted by molar-refractivity contribution is 0.0538. The molecule has 6 nitrogen and oxygen atoms in total. The van der Waals surface area contributed by atoms with E-state index in [4.69, 9.17) is 9.15 Å². The van der Waals surface area contributed by atoms with Gasteiger partial charge in [-0.05, 0) is 18.4 Å². The van der Waals surface area contributed by atoms with E-state index >= 15 is 0 Å². The predicted octanol–water partition coefficient (Wildman–Crippen LogP) is 1.81. The average Bonchev–Trinajstić information content (AvgIpc) is 3.12. The van der Waals surface area contributed by atoms with Crippen LogP contribution in [0.5, 0.6) is 0 Å². The second-order valence-corrected chi connectivity index (χ2v) is 6.45. The monoisotopic (exact) mass is 310 g/mol. The molecule has 2 aliphatic rings. The zero-order chi connectivity index (χ0) is 15.0. The molecule has 2 saturated heterocycles. The Bertz CT molecular complexity index is 573. The van der Waals surface area contributed by atoms with Crippen molar-refractivity contribution < 1.29 is 18.7 Å². The first-order chi connectivity index (χ1) is 10.0. The van der Waals surface area contributed by atoms with Crippen LogP contribution < -0.4 is 0 Å². The quantitative estimate of drug-likeness (QED) is 0.852. The molecule has 1 unspecified atom stereocenters. The number of carbonyl (C=O) groups is 2. The smallest absolute Gasteiger partial charge is 0.410 e. The van der Waals surface area contributed by atoms with Crippen LogP contribution in [0.4, 0.5) is 4.79 Å². The molecule has 1 spiro atoms. The number of carbonyl (C=O) groups excluding carboxylic acids is 2. The first-order valence-corrected chi connectivity index (χ1v) is 8.23. The molecule has 1 aromatic rings. The van der Waals surface area contributed by atoms with E-state index in [1.165, 1.54) is 0 Å². The molecule has 7 heteroatoms. The summed E-state index contributed by atoms with van der Waals surface area (Å²) >= 11 is 1.65. The number of amides is 2. The van der Waals surface area contributed by atoms with E-state index in [0.717, 1.165) is 11.5 Å². The molecule has 3 rings (SSSR count). The van der Waals surface area contributed by atoms with Crippen LogP contribution in [0.3, 0.4) is 0 Å². The highest BCUT2D eigenvalue weighted by atomic mass is 32.2. The van der Waals surface area contributed by atoms with Gasteiger partial charge in [-0.1, -0.05) is 0 Å². The minimum atomic E-state index is -0.545. The van der Waals surface area contributed by atoms with Crippen molar-refractivity contribution in [1.82, 2.24) is 9.80 Å². The molecule has 2 fully saturated rings. The molecule has 0 radical (unpaired) electrons. The molecule has 2 aliphatic heterocycles. The molecular formula is C14H18N2O4S. The molecule has 0 bridgehead atoms. The number of thioether (sulfide) groups is 1. The summed E-state index contributed by atoms with van der Waals surface area (Å²) in [6, 6.07) is 3.55. The van der Waals surface area contributed by atoms with Gasteiger partial charge in [0, 0.05) is 20.0 Å². The molecule has 2 amide bonds. The minimum absolute atomic E-state index is 0.134. The third-order valence-corrected chi connectivity index (χ3v) is 4.48. The van der Waals surface area contributed by atoms with Gasteiger partial charge in [0.25, 0.3) is 5.91 Å². The number of nitrogens with zero attached hydrogens (tertiary/aromatic N) is 2. The Kier molecular flexibility index (Phi) is 3.61. The van der Waals surface area contributed by atoms with E-state index < -0.39 is 5.60 Å². The van der Waals surface area contributed by atoms with E-state index in [0.29, 0.717) is 31.8 Å². The van der Waals surface area contributed by atoms with Gasteiger partial charge < -0.3 is 19.0 Å². The Morgan fingerprint density at radius 1 is 1.43 bits per heavy atom. The van der Waals surface area contributed by atoms with Crippen molar-refractivity contribution in [3.8, 4) is 0 Å². The van der Waals surface area contributed by atoms with Crippen LogP contribution in [-0.4, -0.2) is 60.3 Å². The van der Waals surface area contributed by atoms with Crippen LogP contribution in [0.25, 0.3) is 0 Å². The number of rotatable bonds is 3. The number of hydrogen-bond donors (Lipinski definition) is 0. The van der Waals surface area contributed by atoms with Crippen LogP contribution in [-0.2, 0) is 10.5 Å². The molecule has 0 aromatic carbocycles. The van der Waals surface area contributed by atoms with Crippen molar-refractivity contribution in [3.63, 3.8) is 0 Å². The lowest BCUT2D eigenvalue weighted by atomic mass is 10.0. The van der Waals surface area contributed by atoms with Gasteiger partial charge in [0.1, 0.15) is 5.76 Å². The number of likely N-dealkylation sites (N-methyl/N-ethyl adjacent to an activating group) is 1. The van der Waals surface area contributed by atoms with Gasteiger partial charge in [-0.25, -0.2) is 4.79 Å². The third-order valence-electron chi connectivity index (χ3n) is 3.90. The second-order valence-electron chi connectivity index (χ2n) is 5.58. The first-order valence-electron chi connectivity index (χ1n) is 6.84. The van der Waals surface area contributed by atoms with Gasteiger partial charge in [0.15, 0.2) is 11.4 Å². The Morgan fingerprint density at radius 3 is 2.90 bits per heavy atom. The van der Waals surface area contributed by atoms with E-state index in [1.807, 2.05) is 12.3 Å². The zero-order valence-electron chi connectivity index (χ0n) is 12.1. The van der Waals surface area contributed by atoms with E-state index in [9.17, 15) is 9.59 Å². The maximum atomic E-state index is 12.4. The van der Waals surface area contributed by atoms with Gasteiger partial charge in [-0.3, -0.25) is 4.79 Å². The van der Waals surface area contributed by atoms with E-state index in [-0.39, 0.29) is 12.0 Å². The van der Waals surface area contributed by atoms with Gasteiger partial charge >= 0.3 is 6.09 Å². The molecule has 0 aliphatic carbocycles. The summed E-state index contributed by atoms with van der Waals surface area (Å²) in [6.45, 7) is 1.55. The Balaban J connectivity index is 1.68. The van der Waals surface area contributed by atoms with Gasteiger partial charge in [-0.15, -0.1) is 0 Å². The fourth-order valence-electron chi connectivity index (χ4n) is 2.89. The Morgan fingerprint density at radius 2 is 2.24 bits per heavy atom. The summed E-state index contributed by atoms with van der Waals surface area (Å²) in [4.78, 5) is 27.2. The third kappa shape index (κ3) is 2.62. The Labute approximate surface area is 127 Å². The predicted molar refractivity (Wildman–Crippen MR) is 78.3 cm³/mol. The van der Waals surface area contributed by atoms with Gasteiger partial charge in [0.05, 0.1) is 18.8 Å². The number of hydrogen-bond acceptors (Lipinski definition) is 5. The van der Waals surface area contributed by atoms with Gasteiger partial charge in [0.2, 0.25) is 0 Å². The van der Waals surface area contributed by atoms with E-state index in [2.05, 4.69) is 0 Å². The molecule has 114 valence electrons. The van der Waals surface area contributed by atoms with E-state index in [1.54, 1.807) is 34.7 Å². The largest absolute Gasteiger partial charge is 0.455 e. The normalized spacial score (nSPS) is 25.0. The molecule has 1 aromatic heterocycles. The molecular weight excluding hydrogens is 292 g/mol. The van der Waals surface area contributed by atoms with Crippen LogP contribution in [0.2, 0.25) is 0 Å². The summed E-state index contributed by atoms with van der Waals surface area (Å²) < 4.78 is 11.0. The topological polar surface area (TPSA) is 63.0 Å². The molecule has 0 N–H and O–H groups in total. The number of furan rings is 1. The van der Waals surface area contributed by atoms with Crippen LogP contribution in [0.15, 0.2) is 16.5 Å². The first kappa shape index (κ1) is 14.3.